The van der Waals surface area contributed by atoms with Crippen molar-refractivity contribution in [3.63, 3.8) is 0 Å². The number of unbranched alkanes of at least 4 members (excludes halogenated alkanes) is 2. The predicted octanol–water partition coefficient (Wildman–Crippen LogP) is 8.23. The SMILES string of the molecule is C=CCOC12Oc3ccc(OC(=O)Nc4ccc(OC)cc4OC)cc3C3C(CCCCO)C(CCCCO)C=C(C(=NOC4CCCCO4)CC1SCC)C32. The molecule has 2 heterocycles. The van der Waals surface area contributed by atoms with E-state index in [1.54, 1.807) is 49.2 Å². The summed E-state index contributed by atoms with van der Waals surface area (Å²) in [6.07, 6.45) is 11.2. The molecule has 7 atom stereocenters. The Morgan fingerprint density at radius 1 is 1.05 bits per heavy atom. The summed E-state index contributed by atoms with van der Waals surface area (Å²) in [5.74, 6) is 1.66. The van der Waals surface area contributed by atoms with Crippen molar-refractivity contribution < 1.29 is 48.3 Å². The minimum Gasteiger partial charge on any atom is -0.497 e. The van der Waals surface area contributed by atoms with Crippen LogP contribution in [0.2, 0.25) is 0 Å². The van der Waals surface area contributed by atoms with Gasteiger partial charge in [-0.05, 0) is 92.0 Å². The maximum absolute atomic E-state index is 13.4. The average Bonchev–Trinajstić information content (AvgIpc) is 3.22. The molecule has 2 aromatic carbocycles. The van der Waals surface area contributed by atoms with E-state index < -0.39 is 18.2 Å². The number of anilines is 1. The normalized spacial score (nSPS) is 27.2. The number of carbonyl (C=O) groups excluding carboxylic acids is 1. The number of carbonyl (C=O) groups is 1. The molecule has 2 aromatic rings. The van der Waals surface area contributed by atoms with Gasteiger partial charge in [0.25, 0.3) is 0 Å². The van der Waals surface area contributed by atoms with Gasteiger partial charge in [-0.3, -0.25) is 5.32 Å². The molecule has 13 heteroatoms. The van der Waals surface area contributed by atoms with E-state index in [0.29, 0.717) is 54.6 Å². The topological polar surface area (TPSA) is 147 Å². The number of hydrogen-bond acceptors (Lipinski definition) is 12. The molecule has 0 spiro atoms. The van der Waals surface area contributed by atoms with Crippen molar-refractivity contribution in [3.8, 4) is 23.0 Å². The first-order chi connectivity index (χ1) is 27.4. The van der Waals surface area contributed by atoms with E-state index in [1.165, 1.54) is 7.11 Å². The number of ether oxygens (including phenoxy) is 6. The Bertz CT molecular complexity index is 1700. The number of allylic oxidation sites excluding steroid dienone is 1. The van der Waals surface area contributed by atoms with Crippen LogP contribution in [0, 0.1) is 17.8 Å². The number of aliphatic hydroxyl groups excluding tert-OH is 2. The second-order valence-electron chi connectivity index (χ2n) is 14.7. The minimum atomic E-state index is -1.06. The van der Waals surface area contributed by atoms with E-state index in [9.17, 15) is 15.0 Å². The standard InChI is InChI=1S/C43H58N2O10S/c1-5-22-52-43-38(56-6-2)27-35(45-55-39-15-9-12-23-51-39)32-24-28(13-7-10-20-46)31(14-8-11-21-47)40(41(32)43)33-25-30(17-19-36(33)54-43)53-42(48)44-34-18-16-29(49-3)26-37(34)50-4/h5,16-19,24-26,28,31,38-41,46-47H,1,6-15,20-23,27H2,2-4H3,(H,44,48). The molecule has 0 bridgehead atoms. The van der Waals surface area contributed by atoms with Crippen LogP contribution in [0.25, 0.3) is 0 Å². The number of thioether (sulfide) groups is 1. The molecular formula is C43H58N2O10S. The van der Waals surface area contributed by atoms with Crippen LogP contribution in [-0.2, 0) is 14.3 Å². The minimum absolute atomic E-state index is 0.113. The summed E-state index contributed by atoms with van der Waals surface area (Å²) >= 11 is 1.79. The highest BCUT2D eigenvalue weighted by Crippen LogP contribution is 2.62. The smallest absolute Gasteiger partial charge is 0.417 e. The molecule has 1 saturated carbocycles. The molecule has 0 aromatic heterocycles. The second kappa shape index (κ2) is 20.1. The third-order valence-corrected chi connectivity index (χ3v) is 12.5. The molecular weight excluding hydrogens is 737 g/mol. The molecule has 56 heavy (non-hydrogen) atoms. The number of aliphatic hydroxyl groups is 2. The third-order valence-electron chi connectivity index (χ3n) is 11.3. The van der Waals surface area contributed by atoms with Gasteiger partial charge < -0.3 is 43.5 Å². The van der Waals surface area contributed by atoms with Crippen LogP contribution < -0.4 is 24.3 Å². The van der Waals surface area contributed by atoms with Gasteiger partial charge in [-0.15, -0.1) is 6.58 Å². The van der Waals surface area contributed by atoms with Crippen LogP contribution >= 0.6 is 11.8 Å². The number of nitrogens with zero attached hydrogens (tertiary/aromatic N) is 1. The van der Waals surface area contributed by atoms with Crippen LogP contribution in [0.4, 0.5) is 10.5 Å². The highest BCUT2D eigenvalue weighted by molar-refractivity contribution is 8.00. The van der Waals surface area contributed by atoms with Gasteiger partial charge >= 0.3 is 6.09 Å². The lowest BCUT2D eigenvalue weighted by atomic mass is 9.56. The van der Waals surface area contributed by atoms with Crippen LogP contribution in [0.1, 0.15) is 82.6 Å². The fraction of sp³-hybridized carbons (Fsp3) is 0.581. The van der Waals surface area contributed by atoms with Crippen LogP contribution in [0.5, 0.6) is 23.0 Å². The Labute approximate surface area is 334 Å². The number of nitrogens with one attached hydrogen (secondary N) is 1. The molecule has 1 amide bonds. The Morgan fingerprint density at radius 3 is 2.57 bits per heavy atom. The Morgan fingerprint density at radius 2 is 1.86 bits per heavy atom. The number of benzene rings is 2. The van der Waals surface area contributed by atoms with Crippen LogP contribution in [0.3, 0.4) is 0 Å². The molecule has 2 fully saturated rings. The zero-order valence-corrected chi connectivity index (χ0v) is 33.7. The van der Waals surface area contributed by atoms with Gasteiger partial charge in [-0.25, -0.2) is 4.79 Å². The van der Waals surface area contributed by atoms with Crippen molar-refractivity contribution in [1.29, 1.82) is 0 Å². The molecule has 2 aliphatic carbocycles. The van der Waals surface area contributed by atoms with Crippen molar-refractivity contribution in [3.05, 3.63) is 66.3 Å². The van der Waals surface area contributed by atoms with Crippen molar-refractivity contribution >= 4 is 29.3 Å². The highest BCUT2D eigenvalue weighted by Gasteiger charge is 2.64. The predicted molar refractivity (Wildman–Crippen MR) is 217 cm³/mol. The lowest BCUT2D eigenvalue weighted by Crippen LogP contribution is -2.64. The maximum Gasteiger partial charge on any atom is 0.417 e. The summed E-state index contributed by atoms with van der Waals surface area (Å²) in [5, 5.41) is 27.2. The third kappa shape index (κ3) is 9.34. The summed E-state index contributed by atoms with van der Waals surface area (Å²) in [7, 11) is 3.09. The molecule has 4 aliphatic rings. The summed E-state index contributed by atoms with van der Waals surface area (Å²) in [4.78, 5) is 19.6. The van der Waals surface area contributed by atoms with Gasteiger partial charge in [0.15, 0.2) is 0 Å². The molecule has 3 N–H and O–H groups in total. The van der Waals surface area contributed by atoms with E-state index in [-0.39, 0.29) is 48.7 Å². The van der Waals surface area contributed by atoms with E-state index in [2.05, 4.69) is 24.9 Å². The number of oxime groups is 1. The van der Waals surface area contributed by atoms with Crippen molar-refractivity contribution in [2.24, 2.45) is 22.9 Å². The average molecular weight is 795 g/mol. The number of rotatable bonds is 19. The van der Waals surface area contributed by atoms with Gasteiger partial charge in [-0.1, -0.05) is 37.1 Å². The molecule has 2 aliphatic heterocycles. The van der Waals surface area contributed by atoms with Gasteiger partial charge in [0, 0.05) is 43.6 Å². The van der Waals surface area contributed by atoms with E-state index in [1.807, 2.05) is 12.1 Å². The molecule has 12 nitrogen and oxygen atoms in total. The fourth-order valence-electron chi connectivity index (χ4n) is 8.80. The lowest BCUT2D eigenvalue weighted by molar-refractivity contribution is -0.223. The van der Waals surface area contributed by atoms with Crippen molar-refractivity contribution in [1.82, 2.24) is 0 Å². The zero-order chi connectivity index (χ0) is 39.5. The van der Waals surface area contributed by atoms with Crippen LogP contribution in [0.15, 0.2) is 65.9 Å². The van der Waals surface area contributed by atoms with Gasteiger partial charge in [0.1, 0.15) is 23.0 Å². The van der Waals surface area contributed by atoms with Crippen LogP contribution in [-0.4, -0.2) is 85.7 Å². The first-order valence-corrected chi connectivity index (χ1v) is 21.1. The Kier molecular flexibility index (Phi) is 15.0. The monoisotopic (exact) mass is 794 g/mol. The summed E-state index contributed by atoms with van der Waals surface area (Å²) in [5.41, 5.74) is 3.27. The molecule has 7 unspecified atom stereocenters. The van der Waals surface area contributed by atoms with Gasteiger partial charge in [-0.2, -0.15) is 11.8 Å². The highest BCUT2D eigenvalue weighted by atomic mass is 32.2. The summed E-state index contributed by atoms with van der Waals surface area (Å²) in [6, 6.07) is 10.7. The maximum atomic E-state index is 13.4. The molecule has 306 valence electrons. The van der Waals surface area contributed by atoms with E-state index >= 15 is 0 Å². The number of methoxy groups -OCH3 is 2. The first kappa shape index (κ1) is 41.9. The number of fused-ring (bicyclic) bond motifs is 2. The zero-order valence-electron chi connectivity index (χ0n) is 32.9. The molecule has 6 rings (SSSR count). The Balaban J connectivity index is 1.45. The summed E-state index contributed by atoms with van der Waals surface area (Å²) < 4.78 is 36.8. The summed E-state index contributed by atoms with van der Waals surface area (Å²) in [6.45, 7) is 7.32. The van der Waals surface area contributed by atoms with Crippen molar-refractivity contribution in [2.75, 3.05) is 51.7 Å². The van der Waals surface area contributed by atoms with E-state index in [0.717, 1.165) is 67.5 Å². The van der Waals surface area contributed by atoms with Gasteiger partial charge in [0.2, 0.25) is 12.1 Å². The quantitative estimate of drug-likeness (QED) is 0.0718. The molecule has 0 radical (unpaired) electrons. The number of amides is 1. The van der Waals surface area contributed by atoms with E-state index in [4.69, 9.17) is 38.4 Å². The number of hydrogen-bond donors (Lipinski definition) is 3. The van der Waals surface area contributed by atoms with Gasteiger partial charge in [0.05, 0.1) is 50.0 Å². The molecule has 1 saturated heterocycles. The largest absolute Gasteiger partial charge is 0.497 e. The van der Waals surface area contributed by atoms with Crippen molar-refractivity contribution in [2.45, 2.75) is 94.4 Å². The first-order valence-electron chi connectivity index (χ1n) is 20.1. The lowest BCUT2D eigenvalue weighted by Gasteiger charge is -2.58. The fourth-order valence-corrected chi connectivity index (χ4v) is 9.97. The second-order valence-corrected chi connectivity index (χ2v) is 16.2. The Hall–Kier alpha value is -3.75.